The normalized spacial score (nSPS) is 10.6. The molecule has 0 radical (unpaired) electrons. The number of pyridine rings is 1. The summed E-state index contributed by atoms with van der Waals surface area (Å²) in [7, 11) is 1.80. The molecule has 3 rings (SSSR count). The molecule has 0 atom stereocenters. The number of thiazole rings is 1. The van der Waals surface area contributed by atoms with Gasteiger partial charge in [0, 0.05) is 36.1 Å². The maximum Gasteiger partial charge on any atom is 0.277 e. The molecule has 0 unspecified atom stereocenters. The predicted molar refractivity (Wildman–Crippen MR) is 81.2 cm³/mol. The summed E-state index contributed by atoms with van der Waals surface area (Å²) in [6.07, 6.45) is 3.45. The van der Waals surface area contributed by atoms with Crippen molar-refractivity contribution in [1.29, 1.82) is 0 Å². The molecule has 21 heavy (non-hydrogen) atoms. The van der Waals surface area contributed by atoms with Crippen LogP contribution in [0.3, 0.4) is 0 Å². The molecule has 0 saturated carbocycles. The lowest BCUT2D eigenvalue weighted by Gasteiger charge is -1.97. The number of nitrogens with zero attached hydrogens (tertiary/aromatic N) is 4. The predicted octanol–water partition coefficient (Wildman–Crippen LogP) is 2.50. The van der Waals surface area contributed by atoms with Gasteiger partial charge in [0.1, 0.15) is 0 Å². The van der Waals surface area contributed by atoms with E-state index in [0.717, 1.165) is 17.0 Å². The second-order valence-electron chi connectivity index (χ2n) is 4.53. The summed E-state index contributed by atoms with van der Waals surface area (Å²) in [5.41, 5.74) is 3.02. The molecule has 0 aliphatic heterocycles. The van der Waals surface area contributed by atoms with Crippen molar-refractivity contribution < 1.29 is 4.79 Å². The van der Waals surface area contributed by atoms with Crippen LogP contribution in [0.4, 0.5) is 5.13 Å². The van der Waals surface area contributed by atoms with Gasteiger partial charge in [0.05, 0.1) is 5.69 Å². The Labute approximate surface area is 125 Å². The van der Waals surface area contributed by atoms with Crippen molar-refractivity contribution in [2.75, 3.05) is 5.32 Å². The SMILES string of the molecule is Cc1cc(C(=O)Nc2nc(-c3cccnc3)cs2)nn1C. The number of hydrogen-bond acceptors (Lipinski definition) is 5. The van der Waals surface area contributed by atoms with Crippen molar-refractivity contribution in [2.24, 2.45) is 7.05 Å². The van der Waals surface area contributed by atoms with Gasteiger partial charge in [0.25, 0.3) is 5.91 Å². The highest BCUT2D eigenvalue weighted by molar-refractivity contribution is 7.14. The number of amides is 1. The Balaban J connectivity index is 1.77. The lowest BCUT2D eigenvalue weighted by Crippen LogP contribution is -2.12. The van der Waals surface area contributed by atoms with Crippen molar-refractivity contribution in [3.8, 4) is 11.3 Å². The van der Waals surface area contributed by atoms with Crippen LogP contribution in [0.25, 0.3) is 11.3 Å². The zero-order valence-corrected chi connectivity index (χ0v) is 12.4. The lowest BCUT2D eigenvalue weighted by atomic mass is 10.2. The highest BCUT2D eigenvalue weighted by Gasteiger charge is 2.13. The van der Waals surface area contributed by atoms with Crippen LogP contribution in [0, 0.1) is 6.92 Å². The Morgan fingerprint density at radius 2 is 2.29 bits per heavy atom. The molecule has 1 amide bonds. The summed E-state index contributed by atoms with van der Waals surface area (Å²) >= 11 is 1.37. The standard InChI is InChI=1S/C14H13N5OS/c1-9-6-11(18-19(9)2)13(20)17-14-16-12(8-21-14)10-4-3-5-15-7-10/h3-8H,1-2H3,(H,16,17,20). The van der Waals surface area contributed by atoms with Crippen molar-refractivity contribution in [3.63, 3.8) is 0 Å². The van der Waals surface area contributed by atoms with E-state index in [-0.39, 0.29) is 5.91 Å². The van der Waals surface area contributed by atoms with Gasteiger partial charge < -0.3 is 0 Å². The van der Waals surface area contributed by atoms with Crippen LogP contribution in [0.5, 0.6) is 0 Å². The highest BCUT2D eigenvalue weighted by Crippen LogP contribution is 2.24. The first-order valence-corrected chi connectivity index (χ1v) is 7.19. The summed E-state index contributed by atoms with van der Waals surface area (Å²) in [6.45, 7) is 1.90. The van der Waals surface area contributed by atoms with Crippen molar-refractivity contribution in [2.45, 2.75) is 6.92 Å². The minimum Gasteiger partial charge on any atom is -0.296 e. The number of carbonyl (C=O) groups is 1. The monoisotopic (exact) mass is 299 g/mol. The molecule has 6 nitrogen and oxygen atoms in total. The second-order valence-corrected chi connectivity index (χ2v) is 5.39. The van der Waals surface area contributed by atoms with Gasteiger partial charge in [-0.15, -0.1) is 11.3 Å². The Hall–Kier alpha value is -2.54. The maximum atomic E-state index is 12.1. The zero-order chi connectivity index (χ0) is 14.8. The molecule has 3 heterocycles. The van der Waals surface area contributed by atoms with Gasteiger partial charge >= 0.3 is 0 Å². The van der Waals surface area contributed by atoms with Crippen LogP contribution in [0.1, 0.15) is 16.2 Å². The van der Waals surface area contributed by atoms with Gasteiger partial charge in [0.2, 0.25) is 0 Å². The first kappa shape index (κ1) is 13.4. The summed E-state index contributed by atoms with van der Waals surface area (Å²) < 4.78 is 1.66. The van der Waals surface area contributed by atoms with Crippen LogP contribution in [0.2, 0.25) is 0 Å². The van der Waals surface area contributed by atoms with E-state index in [1.165, 1.54) is 11.3 Å². The average molecular weight is 299 g/mol. The maximum absolute atomic E-state index is 12.1. The van der Waals surface area contributed by atoms with E-state index in [0.29, 0.717) is 10.8 Å². The molecular formula is C14H13N5OS. The van der Waals surface area contributed by atoms with Crippen LogP contribution < -0.4 is 5.32 Å². The van der Waals surface area contributed by atoms with E-state index < -0.39 is 0 Å². The minimum absolute atomic E-state index is 0.259. The third kappa shape index (κ3) is 2.82. The van der Waals surface area contributed by atoms with Gasteiger partial charge in [-0.2, -0.15) is 5.10 Å². The fourth-order valence-electron chi connectivity index (χ4n) is 1.81. The number of rotatable bonds is 3. The molecule has 0 aliphatic carbocycles. The van der Waals surface area contributed by atoms with E-state index in [9.17, 15) is 4.79 Å². The first-order valence-electron chi connectivity index (χ1n) is 6.31. The molecule has 0 spiro atoms. The smallest absolute Gasteiger partial charge is 0.277 e. The third-order valence-corrected chi connectivity index (χ3v) is 3.79. The number of aromatic nitrogens is 4. The van der Waals surface area contributed by atoms with Crippen LogP contribution in [-0.2, 0) is 7.05 Å². The van der Waals surface area contributed by atoms with Crippen LogP contribution in [0.15, 0.2) is 36.0 Å². The van der Waals surface area contributed by atoms with Crippen LogP contribution >= 0.6 is 11.3 Å². The quantitative estimate of drug-likeness (QED) is 0.806. The summed E-state index contributed by atoms with van der Waals surface area (Å²) in [6, 6.07) is 5.52. The van der Waals surface area contributed by atoms with Gasteiger partial charge in [-0.1, -0.05) is 0 Å². The largest absolute Gasteiger partial charge is 0.296 e. The van der Waals surface area contributed by atoms with E-state index >= 15 is 0 Å². The molecular weight excluding hydrogens is 286 g/mol. The Bertz CT molecular complexity index is 758. The summed E-state index contributed by atoms with van der Waals surface area (Å²) in [5, 5.41) is 9.33. The Morgan fingerprint density at radius 3 is 2.95 bits per heavy atom. The van der Waals surface area contributed by atoms with E-state index in [1.54, 1.807) is 30.2 Å². The molecule has 3 aromatic heterocycles. The molecule has 3 aromatic rings. The Morgan fingerprint density at radius 1 is 1.43 bits per heavy atom. The van der Waals surface area contributed by atoms with Gasteiger partial charge in [-0.05, 0) is 25.1 Å². The van der Waals surface area contributed by atoms with Gasteiger partial charge in [-0.3, -0.25) is 19.8 Å². The number of aryl methyl sites for hydroxylation is 2. The van der Waals surface area contributed by atoms with Crippen molar-refractivity contribution >= 4 is 22.4 Å². The molecule has 0 aromatic carbocycles. The topological polar surface area (TPSA) is 72.7 Å². The minimum atomic E-state index is -0.259. The molecule has 106 valence electrons. The number of hydrogen-bond donors (Lipinski definition) is 1. The molecule has 0 aliphatic rings. The fraction of sp³-hybridized carbons (Fsp3) is 0.143. The molecule has 7 heteroatoms. The highest BCUT2D eigenvalue weighted by atomic mass is 32.1. The summed E-state index contributed by atoms with van der Waals surface area (Å²) in [5.74, 6) is -0.259. The third-order valence-electron chi connectivity index (χ3n) is 3.03. The van der Waals surface area contributed by atoms with Crippen LogP contribution in [-0.4, -0.2) is 25.7 Å². The second kappa shape index (κ2) is 5.45. The average Bonchev–Trinajstić information content (AvgIpc) is 3.08. The number of anilines is 1. The number of nitrogens with one attached hydrogen (secondary N) is 1. The Kier molecular flexibility index (Phi) is 3.49. The molecule has 0 fully saturated rings. The van der Waals surface area contributed by atoms with Gasteiger partial charge in [0.15, 0.2) is 10.8 Å². The van der Waals surface area contributed by atoms with E-state index in [4.69, 9.17) is 0 Å². The molecule has 0 bridgehead atoms. The lowest BCUT2D eigenvalue weighted by molar-refractivity contribution is 0.102. The number of carbonyl (C=O) groups excluding carboxylic acids is 1. The first-order chi connectivity index (χ1) is 10.1. The fourth-order valence-corrected chi connectivity index (χ4v) is 2.53. The van der Waals surface area contributed by atoms with Crippen molar-refractivity contribution in [1.82, 2.24) is 19.7 Å². The molecule has 1 N–H and O–H groups in total. The van der Waals surface area contributed by atoms with Crippen molar-refractivity contribution in [3.05, 3.63) is 47.4 Å². The van der Waals surface area contributed by atoms with E-state index in [1.807, 2.05) is 24.4 Å². The van der Waals surface area contributed by atoms with E-state index in [2.05, 4.69) is 20.4 Å². The molecule has 0 saturated heterocycles. The van der Waals surface area contributed by atoms with Gasteiger partial charge in [-0.25, -0.2) is 4.98 Å². The zero-order valence-electron chi connectivity index (χ0n) is 11.6. The summed E-state index contributed by atoms with van der Waals surface area (Å²) in [4.78, 5) is 20.5.